The van der Waals surface area contributed by atoms with E-state index in [1.165, 1.54) is 10.9 Å². The molecule has 1 atom stereocenters. The minimum absolute atomic E-state index is 0.120. The van der Waals surface area contributed by atoms with Crippen LogP contribution in [-0.2, 0) is 11.3 Å². The Kier molecular flexibility index (Phi) is 4.70. The summed E-state index contributed by atoms with van der Waals surface area (Å²) in [5.74, 6) is 1.51. The molecule has 1 amide bonds. The highest BCUT2D eigenvalue weighted by molar-refractivity contribution is 5.77. The number of para-hydroxylation sites is 1. The quantitative estimate of drug-likeness (QED) is 0.775. The number of furan rings is 1. The van der Waals surface area contributed by atoms with E-state index in [9.17, 15) is 9.59 Å². The van der Waals surface area contributed by atoms with E-state index in [0.717, 1.165) is 17.1 Å². The molecule has 6 nitrogen and oxygen atoms in total. The van der Waals surface area contributed by atoms with E-state index in [1.54, 1.807) is 18.2 Å². The van der Waals surface area contributed by atoms with Gasteiger partial charge in [-0.3, -0.25) is 14.2 Å². The molecule has 0 aliphatic heterocycles. The summed E-state index contributed by atoms with van der Waals surface area (Å²) in [5, 5.41) is 3.50. The molecule has 0 saturated heterocycles. The molecule has 6 heteroatoms. The number of carbonyl (C=O) groups is 1. The van der Waals surface area contributed by atoms with Crippen molar-refractivity contribution < 1.29 is 9.21 Å². The van der Waals surface area contributed by atoms with Gasteiger partial charge in [0.1, 0.15) is 11.5 Å². The molecule has 130 valence electrons. The number of amides is 1. The summed E-state index contributed by atoms with van der Waals surface area (Å²) in [6.45, 7) is 5.97. The third-order valence-electron chi connectivity index (χ3n) is 4.23. The van der Waals surface area contributed by atoms with Crippen LogP contribution in [0.15, 0.2) is 45.9 Å². The summed E-state index contributed by atoms with van der Waals surface area (Å²) in [7, 11) is 0. The van der Waals surface area contributed by atoms with Crippen LogP contribution in [0.5, 0.6) is 0 Å². The van der Waals surface area contributed by atoms with Gasteiger partial charge in [0, 0.05) is 18.5 Å². The van der Waals surface area contributed by atoms with Crippen LogP contribution in [0.1, 0.15) is 36.5 Å². The Hall–Kier alpha value is -2.89. The van der Waals surface area contributed by atoms with E-state index in [-0.39, 0.29) is 23.9 Å². The van der Waals surface area contributed by atoms with Crippen LogP contribution in [0.25, 0.3) is 10.9 Å². The Balaban J connectivity index is 1.65. The zero-order chi connectivity index (χ0) is 18.0. The Bertz CT molecular complexity index is 971. The van der Waals surface area contributed by atoms with Gasteiger partial charge < -0.3 is 9.73 Å². The van der Waals surface area contributed by atoms with E-state index < -0.39 is 0 Å². The molecule has 0 radical (unpaired) electrons. The Morgan fingerprint density at radius 1 is 1.32 bits per heavy atom. The number of nitrogens with one attached hydrogen (secondary N) is 1. The number of fused-ring (bicyclic) bond motifs is 1. The van der Waals surface area contributed by atoms with Gasteiger partial charge in [0.05, 0.1) is 23.3 Å². The largest absolute Gasteiger partial charge is 0.466 e. The van der Waals surface area contributed by atoms with Crippen LogP contribution in [0, 0.1) is 13.8 Å². The molecule has 0 fully saturated rings. The van der Waals surface area contributed by atoms with Crippen molar-refractivity contribution in [3.8, 4) is 0 Å². The van der Waals surface area contributed by atoms with Crippen LogP contribution in [0.3, 0.4) is 0 Å². The lowest BCUT2D eigenvalue weighted by atomic mass is 10.1. The first-order valence-electron chi connectivity index (χ1n) is 8.26. The molecular formula is C19H21N3O3. The standard InChI is InChI=1S/C19H21N3O3/c1-12-10-16(14(3)25-12)13(2)21-18(23)8-9-22-11-20-17-7-5-4-6-15(17)19(22)24/h4-7,10-11,13H,8-9H2,1-3H3,(H,21,23)/t13-/m0/s1. The topological polar surface area (TPSA) is 77.1 Å². The number of aryl methyl sites for hydroxylation is 3. The average Bonchev–Trinajstić information content (AvgIpc) is 2.93. The van der Waals surface area contributed by atoms with Crippen LogP contribution in [0.2, 0.25) is 0 Å². The van der Waals surface area contributed by atoms with E-state index in [0.29, 0.717) is 17.4 Å². The molecule has 0 saturated carbocycles. The van der Waals surface area contributed by atoms with Gasteiger partial charge in [-0.2, -0.15) is 0 Å². The van der Waals surface area contributed by atoms with Gasteiger partial charge in [0.25, 0.3) is 5.56 Å². The predicted octanol–water partition coefficient (Wildman–Crippen LogP) is 2.87. The van der Waals surface area contributed by atoms with Crippen LogP contribution in [0.4, 0.5) is 0 Å². The lowest BCUT2D eigenvalue weighted by molar-refractivity contribution is -0.121. The molecule has 1 aromatic carbocycles. The molecule has 25 heavy (non-hydrogen) atoms. The molecule has 0 bridgehead atoms. The Labute approximate surface area is 145 Å². The molecule has 0 aliphatic carbocycles. The fourth-order valence-electron chi connectivity index (χ4n) is 2.96. The third kappa shape index (κ3) is 3.63. The smallest absolute Gasteiger partial charge is 0.261 e. The molecule has 3 rings (SSSR count). The number of hydrogen-bond donors (Lipinski definition) is 1. The van der Waals surface area contributed by atoms with Gasteiger partial charge >= 0.3 is 0 Å². The fraction of sp³-hybridized carbons (Fsp3) is 0.316. The third-order valence-corrected chi connectivity index (χ3v) is 4.23. The second kappa shape index (κ2) is 6.93. The van der Waals surface area contributed by atoms with Crippen molar-refractivity contribution in [2.24, 2.45) is 0 Å². The molecule has 0 aliphatic rings. The molecule has 3 aromatic rings. The molecule has 2 heterocycles. The van der Waals surface area contributed by atoms with Gasteiger partial charge in [-0.05, 0) is 39.0 Å². The number of nitrogens with zero attached hydrogens (tertiary/aromatic N) is 2. The van der Waals surface area contributed by atoms with Crippen LogP contribution in [-0.4, -0.2) is 15.5 Å². The van der Waals surface area contributed by atoms with E-state index >= 15 is 0 Å². The van der Waals surface area contributed by atoms with Gasteiger partial charge in [-0.15, -0.1) is 0 Å². The summed E-state index contributed by atoms with van der Waals surface area (Å²) >= 11 is 0. The molecule has 0 unspecified atom stereocenters. The summed E-state index contributed by atoms with van der Waals surface area (Å²) in [4.78, 5) is 28.9. The van der Waals surface area contributed by atoms with Gasteiger partial charge in [0.15, 0.2) is 0 Å². The zero-order valence-corrected chi connectivity index (χ0v) is 14.6. The lowest BCUT2D eigenvalue weighted by Crippen LogP contribution is -2.29. The van der Waals surface area contributed by atoms with Crippen molar-refractivity contribution >= 4 is 16.8 Å². The number of aromatic nitrogens is 2. The van der Waals surface area contributed by atoms with Gasteiger partial charge in [-0.25, -0.2) is 4.98 Å². The first kappa shape index (κ1) is 17.0. The van der Waals surface area contributed by atoms with E-state index in [1.807, 2.05) is 32.9 Å². The van der Waals surface area contributed by atoms with E-state index in [4.69, 9.17) is 4.42 Å². The number of hydrogen-bond acceptors (Lipinski definition) is 4. The lowest BCUT2D eigenvalue weighted by Gasteiger charge is -2.13. The molecule has 2 aromatic heterocycles. The molecule has 0 spiro atoms. The highest BCUT2D eigenvalue weighted by atomic mass is 16.3. The number of benzene rings is 1. The normalized spacial score (nSPS) is 12.3. The zero-order valence-electron chi connectivity index (χ0n) is 14.6. The monoisotopic (exact) mass is 339 g/mol. The fourth-order valence-corrected chi connectivity index (χ4v) is 2.96. The van der Waals surface area contributed by atoms with Crippen molar-refractivity contribution in [3.63, 3.8) is 0 Å². The summed E-state index contributed by atoms with van der Waals surface area (Å²) in [6, 6.07) is 8.97. The maximum absolute atomic E-state index is 12.4. The first-order valence-corrected chi connectivity index (χ1v) is 8.26. The Morgan fingerprint density at radius 2 is 2.08 bits per heavy atom. The van der Waals surface area contributed by atoms with Crippen molar-refractivity contribution in [3.05, 3.63) is 64.1 Å². The van der Waals surface area contributed by atoms with Crippen LogP contribution < -0.4 is 10.9 Å². The second-order valence-electron chi connectivity index (χ2n) is 6.17. The SMILES string of the molecule is Cc1cc([C@H](C)NC(=O)CCn2cnc3ccccc3c2=O)c(C)o1. The average molecular weight is 339 g/mol. The van der Waals surface area contributed by atoms with Gasteiger partial charge in [0.2, 0.25) is 5.91 Å². The van der Waals surface area contributed by atoms with Crippen molar-refractivity contribution in [2.45, 2.75) is 39.8 Å². The van der Waals surface area contributed by atoms with Crippen molar-refractivity contribution in [1.29, 1.82) is 0 Å². The Morgan fingerprint density at radius 3 is 2.80 bits per heavy atom. The minimum atomic E-state index is -0.142. The van der Waals surface area contributed by atoms with Crippen LogP contribution >= 0.6 is 0 Å². The molecular weight excluding hydrogens is 318 g/mol. The minimum Gasteiger partial charge on any atom is -0.466 e. The number of rotatable bonds is 5. The summed E-state index contributed by atoms with van der Waals surface area (Å²) in [5.41, 5.74) is 1.50. The highest BCUT2D eigenvalue weighted by Gasteiger charge is 2.15. The maximum Gasteiger partial charge on any atom is 0.261 e. The number of carbonyl (C=O) groups excluding carboxylic acids is 1. The first-order chi connectivity index (χ1) is 12.0. The van der Waals surface area contributed by atoms with Gasteiger partial charge in [-0.1, -0.05) is 12.1 Å². The highest BCUT2D eigenvalue weighted by Crippen LogP contribution is 2.21. The van der Waals surface area contributed by atoms with E-state index in [2.05, 4.69) is 10.3 Å². The van der Waals surface area contributed by atoms with Crippen molar-refractivity contribution in [1.82, 2.24) is 14.9 Å². The summed E-state index contributed by atoms with van der Waals surface area (Å²) in [6.07, 6.45) is 1.70. The maximum atomic E-state index is 12.4. The van der Waals surface area contributed by atoms with Crippen molar-refractivity contribution in [2.75, 3.05) is 0 Å². The predicted molar refractivity (Wildman–Crippen MR) is 95.4 cm³/mol. The second-order valence-corrected chi connectivity index (χ2v) is 6.17. The molecule has 1 N–H and O–H groups in total. The summed E-state index contributed by atoms with van der Waals surface area (Å²) < 4.78 is 6.97.